The zero-order valence-electron chi connectivity index (χ0n) is 16.0. The summed E-state index contributed by atoms with van der Waals surface area (Å²) in [6.07, 6.45) is 0.319. The molecule has 0 aromatic heterocycles. The first-order chi connectivity index (χ1) is 13.7. The highest BCUT2D eigenvalue weighted by atomic mass is 16.7. The monoisotopic (exact) mass is 384 g/mol. The van der Waals surface area contributed by atoms with Crippen LogP contribution in [0.4, 0.5) is 5.69 Å². The Morgan fingerprint density at radius 2 is 1.79 bits per heavy atom. The van der Waals surface area contributed by atoms with Gasteiger partial charge in [-0.05, 0) is 23.3 Å². The van der Waals surface area contributed by atoms with Crippen molar-refractivity contribution in [2.75, 3.05) is 38.6 Å². The summed E-state index contributed by atoms with van der Waals surface area (Å²) in [7, 11) is 0. The lowest BCUT2D eigenvalue weighted by Gasteiger charge is -2.39. The second-order valence-electron chi connectivity index (χ2n) is 7.43. The first kappa shape index (κ1) is 19.4. The SMILES string of the molecule is Nc1cccc([C@@H]2O[C@H](CN3CCOCC3)C[C@H](c3ccc(CO)cc3)O2)c1. The van der Waals surface area contributed by atoms with E-state index in [-0.39, 0.29) is 18.8 Å². The Kier molecular flexibility index (Phi) is 6.24. The Bertz CT molecular complexity index is 761. The van der Waals surface area contributed by atoms with E-state index >= 15 is 0 Å². The third-order valence-corrected chi connectivity index (χ3v) is 5.36. The van der Waals surface area contributed by atoms with Crippen LogP contribution in [0.2, 0.25) is 0 Å². The van der Waals surface area contributed by atoms with Crippen molar-refractivity contribution < 1.29 is 19.3 Å². The van der Waals surface area contributed by atoms with Crippen LogP contribution in [0.3, 0.4) is 0 Å². The molecule has 2 aliphatic heterocycles. The topological polar surface area (TPSA) is 77.2 Å². The van der Waals surface area contributed by atoms with Crippen molar-refractivity contribution in [3.8, 4) is 0 Å². The molecule has 0 unspecified atom stereocenters. The van der Waals surface area contributed by atoms with E-state index in [2.05, 4.69) is 4.90 Å². The predicted molar refractivity (Wildman–Crippen MR) is 107 cm³/mol. The van der Waals surface area contributed by atoms with E-state index in [1.165, 1.54) is 0 Å². The summed E-state index contributed by atoms with van der Waals surface area (Å²) >= 11 is 0. The van der Waals surface area contributed by atoms with Crippen molar-refractivity contribution in [2.45, 2.75) is 31.5 Å². The summed E-state index contributed by atoms with van der Waals surface area (Å²) in [6, 6.07) is 15.6. The molecule has 6 nitrogen and oxygen atoms in total. The van der Waals surface area contributed by atoms with Gasteiger partial charge in [0.1, 0.15) is 0 Å². The number of morpholine rings is 1. The maximum atomic E-state index is 9.30. The Hall–Kier alpha value is -1.96. The minimum Gasteiger partial charge on any atom is -0.399 e. The molecule has 6 heteroatoms. The van der Waals surface area contributed by atoms with Crippen LogP contribution < -0.4 is 5.73 Å². The van der Waals surface area contributed by atoms with Gasteiger partial charge in [-0.2, -0.15) is 0 Å². The quantitative estimate of drug-likeness (QED) is 0.772. The second-order valence-corrected chi connectivity index (χ2v) is 7.43. The molecule has 2 saturated heterocycles. The van der Waals surface area contributed by atoms with Gasteiger partial charge in [-0.3, -0.25) is 4.90 Å². The van der Waals surface area contributed by atoms with Crippen LogP contribution in [0.25, 0.3) is 0 Å². The first-order valence-electron chi connectivity index (χ1n) is 9.87. The molecule has 0 saturated carbocycles. The van der Waals surface area contributed by atoms with Gasteiger partial charge in [-0.25, -0.2) is 0 Å². The fourth-order valence-electron chi connectivity index (χ4n) is 3.81. The third-order valence-electron chi connectivity index (χ3n) is 5.36. The minimum absolute atomic E-state index is 0.0422. The van der Waals surface area contributed by atoms with E-state index < -0.39 is 6.29 Å². The van der Waals surface area contributed by atoms with Crippen LogP contribution in [0.5, 0.6) is 0 Å². The van der Waals surface area contributed by atoms with Crippen LogP contribution in [-0.4, -0.2) is 49.0 Å². The lowest BCUT2D eigenvalue weighted by Crippen LogP contribution is -2.44. The molecule has 28 heavy (non-hydrogen) atoms. The number of anilines is 1. The van der Waals surface area contributed by atoms with Gasteiger partial charge in [0.15, 0.2) is 6.29 Å². The minimum atomic E-state index is -0.453. The summed E-state index contributed by atoms with van der Waals surface area (Å²) in [5.74, 6) is 0. The van der Waals surface area contributed by atoms with Gasteiger partial charge in [0.25, 0.3) is 0 Å². The van der Waals surface area contributed by atoms with Crippen molar-refractivity contribution in [2.24, 2.45) is 0 Å². The van der Waals surface area contributed by atoms with Crippen molar-refractivity contribution in [1.29, 1.82) is 0 Å². The van der Waals surface area contributed by atoms with Crippen LogP contribution in [0.1, 0.15) is 35.5 Å². The number of hydrogen-bond acceptors (Lipinski definition) is 6. The highest BCUT2D eigenvalue weighted by Crippen LogP contribution is 2.38. The third kappa shape index (κ3) is 4.71. The van der Waals surface area contributed by atoms with Gasteiger partial charge in [-0.15, -0.1) is 0 Å². The fraction of sp³-hybridized carbons (Fsp3) is 0.455. The van der Waals surface area contributed by atoms with E-state index in [0.29, 0.717) is 5.69 Å². The number of benzene rings is 2. The Morgan fingerprint density at radius 3 is 2.50 bits per heavy atom. The number of nitrogens with two attached hydrogens (primary N) is 1. The van der Waals surface area contributed by atoms with Crippen molar-refractivity contribution in [3.05, 3.63) is 65.2 Å². The molecule has 4 rings (SSSR count). The molecule has 2 aromatic rings. The van der Waals surface area contributed by atoms with Gasteiger partial charge < -0.3 is 25.1 Å². The van der Waals surface area contributed by atoms with Crippen molar-refractivity contribution in [1.82, 2.24) is 4.90 Å². The average Bonchev–Trinajstić information content (AvgIpc) is 2.74. The number of nitrogens with zero attached hydrogens (tertiary/aromatic N) is 1. The molecule has 150 valence electrons. The highest BCUT2D eigenvalue weighted by molar-refractivity contribution is 5.41. The molecule has 2 fully saturated rings. The zero-order valence-corrected chi connectivity index (χ0v) is 16.0. The number of aliphatic hydroxyl groups excluding tert-OH is 1. The lowest BCUT2D eigenvalue weighted by atomic mass is 9.99. The van der Waals surface area contributed by atoms with Crippen LogP contribution in [-0.2, 0) is 20.8 Å². The first-order valence-corrected chi connectivity index (χ1v) is 9.87. The summed E-state index contributed by atoms with van der Waals surface area (Å²) in [4.78, 5) is 2.39. The standard InChI is InChI=1S/C22H28N2O4/c23-19-3-1-2-18(12-19)22-27-20(14-24-8-10-26-11-9-24)13-21(28-22)17-6-4-16(15-25)5-7-17/h1-7,12,20-22,25H,8-11,13-15,23H2/t20-,21+,22+/m0/s1. The van der Waals surface area contributed by atoms with Gasteiger partial charge in [-0.1, -0.05) is 36.4 Å². The zero-order chi connectivity index (χ0) is 19.3. The Balaban J connectivity index is 1.54. The lowest BCUT2D eigenvalue weighted by molar-refractivity contribution is -0.253. The number of aliphatic hydroxyl groups is 1. The predicted octanol–water partition coefficient (Wildman–Crippen LogP) is 2.64. The molecule has 3 N–H and O–H groups in total. The van der Waals surface area contributed by atoms with Crippen molar-refractivity contribution in [3.63, 3.8) is 0 Å². The maximum absolute atomic E-state index is 9.30. The normalized spacial score (nSPS) is 26.2. The summed E-state index contributed by atoms with van der Waals surface area (Å²) in [6.45, 7) is 4.30. The van der Waals surface area contributed by atoms with E-state index in [0.717, 1.165) is 56.0 Å². The number of ether oxygens (including phenoxy) is 3. The summed E-state index contributed by atoms with van der Waals surface area (Å²) in [5, 5.41) is 9.30. The smallest absolute Gasteiger partial charge is 0.185 e. The van der Waals surface area contributed by atoms with Crippen LogP contribution in [0, 0.1) is 0 Å². The maximum Gasteiger partial charge on any atom is 0.185 e. The van der Waals surface area contributed by atoms with E-state index in [4.69, 9.17) is 19.9 Å². The molecule has 0 spiro atoms. The molecule has 3 atom stereocenters. The van der Waals surface area contributed by atoms with E-state index in [1.807, 2.05) is 48.5 Å². The number of nitrogen functional groups attached to an aromatic ring is 1. The van der Waals surface area contributed by atoms with E-state index in [1.54, 1.807) is 0 Å². The summed E-state index contributed by atoms with van der Waals surface area (Å²) < 4.78 is 18.1. The average molecular weight is 384 g/mol. The number of hydrogen-bond donors (Lipinski definition) is 2. The molecule has 0 bridgehead atoms. The second kappa shape index (κ2) is 9.03. The van der Waals surface area contributed by atoms with Gasteiger partial charge in [0.2, 0.25) is 0 Å². The van der Waals surface area contributed by atoms with Crippen LogP contribution in [0.15, 0.2) is 48.5 Å². The summed E-state index contributed by atoms with van der Waals surface area (Å²) in [5.41, 5.74) is 9.60. The Labute approximate surface area is 165 Å². The molecular weight excluding hydrogens is 356 g/mol. The van der Waals surface area contributed by atoms with Gasteiger partial charge in [0, 0.05) is 37.3 Å². The molecular formula is C22H28N2O4. The van der Waals surface area contributed by atoms with Crippen molar-refractivity contribution >= 4 is 5.69 Å². The number of rotatable bonds is 5. The van der Waals surface area contributed by atoms with E-state index in [9.17, 15) is 5.11 Å². The fourth-order valence-corrected chi connectivity index (χ4v) is 3.81. The van der Waals surface area contributed by atoms with Gasteiger partial charge >= 0.3 is 0 Å². The molecule has 2 heterocycles. The largest absolute Gasteiger partial charge is 0.399 e. The molecule has 2 aromatic carbocycles. The molecule has 0 aliphatic carbocycles. The van der Waals surface area contributed by atoms with Crippen LogP contribution >= 0.6 is 0 Å². The molecule has 0 amide bonds. The van der Waals surface area contributed by atoms with Gasteiger partial charge in [0.05, 0.1) is 32.0 Å². The Morgan fingerprint density at radius 1 is 1.00 bits per heavy atom. The highest BCUT2D eigenvalue weighted by Gasteiger charge is 2.33. The molecule has 2 aliphatic rings. The molecule has 0 radical (unpaired) electrons.